The molecule has 0 fully saturated rings. The van der Waals surface area contributed by atoms with E-state index < -0.39 is 0 Å². The van der Waals surface area contributed by atoms with Crippen LogP contribution in [0.4, 0.5) is 10.1 Å². The van der Waals surface area contributed by atoms with E-state index in [1.54, 1.807) is 23.1 Å². The molecule has 5 heteroatoms. The van der Waals surface area contributed by atoms with Crippen molar-refractivity contribution < 1.29 is 14.0 Å². The molecule has 4 rings (SSSR count). The first-order valence-electron chi connectivity index (χ1n) is 12.3. The lowest BCUT2D eigenvalue weighted by molar-refractivity contribution is -0.120. The maximum Gasteiger partial charge on any atom is 0.251 e. The second-order valence-electron chi connectivity index (χ2n) is 8.73. The molecule has 0 saturated heterocycles. The number of benzene rings is 4. The van der Waals surface area contributed by atoms with Crippen molar-refractivity contribution in [1.82, 2.24) is 5.32 Å². The van der Waals surface area contributed by atoms with E-state index in [0.717, 1.165) is 17.5 Å². The number of carbonyl (C=O) groups is 2. The summed E-state index contributed by atoms with van der Waals surface area (Å²) in [5, 5.41) is 2.96. The highest BCUT2D eigenvalue weighted by Crippen LogP contribution is 2.20. The molecule has 1 N–H and O–H groups in total. The summed E-state index contributed by atoms with van der Waals surface area (Å²) in [4.78, 5) is 27.2. The number of hydrogen-bond donors (Lipinski definition) is 1. The van der Waals surface area contributed by atoms with Gasteiger partial charge in [0.2, 0.25) is 5.91 Å². The van der Waals surface area contributed by atoms with Gasteiger partial charge < -0.3 is 10.2 Å². The summed E-state index contributed by atoms with van der Waals surface area (Å²) in [6.07, 6.45) is 4.30. The molecule has 0 aliphatic carbocycles. The molecular weight excluding hydrogens is 463 g/mol. The maximum absolute atomic E-state index is 13.8. The first-order chi connectivity index (χ1) is 18.1. The number of anilines is 1. The lowest BCUT2D eigenvalue weighted by atomic mass is 10.1. The van der Waals surface area contributed by atoms with Crippen LogP contribution in [0, 0.1) is 5.82 Å². The standard InChI is InChI=1S/C32H29FN2O2/c33-29-13-7-12-28(22-29)24-35(32(37)19-16-25-8-3-1-4-9-25)30-17-14-27(15-18-30)23-31(36)34-21-20-26-10-5-2-6-11-26/h1-19,22H,20-21,23-24H2,(H,34,36). The molecule has 2 amide bonds. The van der Waals surface area contributed by atoms with Gasteiger partial charge in [-0.2, -0.15) is 0 Å². The molecule has 4 nitrogen and oxygen atoms in total. The van der Waals surface area contributed by atoms with Crippen molar-refractivity contribution in [2.45, 2.75) is 19.4 Å². The molecule has 0 aliphatic heterocycles. The zero-order chi connectivity index (χ0) is 25.9. The minimum atomic E-state index is -0.349. The Kier molecular flexibility index (Phi) is 8.97. The van der Waals surface area contributed by atoms with Crippen molar-refractivity contribution in [2.75, 3.05) is 11.4 Å². The molecule has 37 heavy (non-hydrogen) atoms. The Balaban J connectivity index is 1.42. The predicted octanol–water partition coefficient (Wildman–Crippen LogP) is 5.97. The van der Waals surface area contributed by atoms with Gasteiger partial charge in [0.05, 0.1) is 13.0 Å². The monoisotopic (exact) mass is 492 g/mol. The van der Waals surface area contributed by atoms with Crippen LogP contribution < -0.4 is 10.2 Å². The molecule has 0 atom stereocenters. The van der Waals surface area contributed by atoms with Crippen LogP contribution in [0.25, 0.3) is 6.08 Å². The molecule has 0 aromatic heterocycles. The molecular formula is C32H29FN2O2. The van der Waals surface area contributed by atoms with Crippen LogP contribution in [-0.4, -0.2) is 18.4 Å². The zero-order valence-corrected chi connectivity index (χ0v) is 20.5. The van der Waals surface area contributed by atoms with E-state index >= 15 is 0 Å². The van der Waals surface area contributed by atoms with Crippen molar-refractivity contribution in [3.05, 3.63) is 143 Å². The number of nitrogens with zero attached hydrogens (tertiary/aromatic N) is 1. The van der Waals surface area contributed by atoms with Crippen LogP contribution >= 0.6 is 0 Å². The average molecular weight is 493 g/mol. The van der Waals surface area contributed by atoms with E-state index in [-0.39, 0.29) is 30.6 Å². The van der Waals surface area contributed by atoms with Crippen molar-refractivity contribution >= 4 is 23.6 Å². The topological polar surface area (TPSA) is 49.4 Å². The van der Waals surface area contributed by atoms with Crippen LogP contribution in [0.3, 0.4) is 0 Å². The number of carbonyl (C=O) groups excluding carboxylic acids is 2. The zero-order valence-electron chi connectivity index (χ0n) is 20.5. The van der Waals surface area contributed by atoms with Gasteiger partial charge in [-0.25, -0.2) is 4.39 Å². The highest BCUT2D eigenvalue weighted by molar-refractivity contribution is 6.03. The van der Waals surface area contributed by atoms with Gasteiger partial charge in [0.1, 0.15) is 5.82 Å². The quantitative estimate of drug-likeness (QED) is 0.277. The molecule has 0 unspecified atom stereocenters. The summed E-state index contributed by atoms with van der Waals surface area (Å²) < 4.78 is 13.8. The van der Waals surface area contributed by atoms with Gasteiger partial charge in [0.15, 0.2) is 0 Å². The maximum atomic E-state index is 13.8. The number of rotatable bonds is 10. The Bertz CT molecular complexity index is 1340. The fourth-order valence-electron chi connectivity index (χ4n) is 3.97. The van der Waals surface area contributed by atoms with Gasteiger partial charge in [0.25, 0.3) is 5.91 Å². The first kappa shape index (κ1) is 25.6. The van der Waals surface area contributed by atoms with E-state index in [4.69, 9.17) is 0 Å². The van der Waals surface area contributed by atoms with E-state index in [2.05, 4.69) is 5.32 Å². The Morgan fingerprint density at radius 1 is 0.757 bits per heavy atom. The predicted molar refractivity (Wildman–Crippen MR) is 146 cm³/mol. The van der Waals surface area contributed by atoms with E-state index in [0.29, 0.717) is 17.8 Å². The van der Waals surface area contributed by atoms with Gasteiger partial charge in [-0.15, -0.1) is 0 Å². The van der Waals surface area contributed by atoms with Gasteiger partial charge >= 0.3 is 0 Å². The normalized spacial score (nSPS) is 10.8. The summed E-state index contributed by atoms with van der Waals surface area (Å²) in [6.45, 7) is 0.791. The van der Waals surface area contributed by atoms with Crippen molar-refractivity contribution in [3.63, 3.8) is 0 Å². The Morgan fingerprint density at radius 3 is 2.14 bits per heavy atom. The van der Waals surface area contributed by atoms with E-state index in [1.807, 2.05) is 84.9 Å². The van der Waals surface area contributed by atoms with E-state index in [1.165, 1.54) is 23.8 Å². The van der Waals surface area contributed by atoms with Crippen LogP contribution in [0.15, 0.2) is 115 Å². The lowest BCUT2D eigenvalue weighted by Gasteiger charge is -2.22. The summed E-state index contributed by atoms with van der Waals surface area (Å²) in [7, 11) is 0. The Morgan fingerprint density at radius 2 is 1.43 bits per heavy atom. The third-order valence-corrected chi connectivity index (χ3v) is 5.91. The number of halogens is 1. The molecule has 0 aliphatic rings. The Labute approximate surface area is 217 Å². The third-order valence-electron chi connectivity index (χ3n) is 5.91. The minimum Gasteiger partial charge on any atom is -0.355 e. The average Bonchev–Trinajstić information content (AvgIpc) is 2.92. The molecule has 0 saturated carbocycles. The largest absolute Gasteiger partial charge is 0.355 e. The smallest absolute Gasteiger partial charge is 0.251 e. The van der Waals surface area contributed by atoms with Crippen molar-refractivity contribution in [1.29, 1.82) is 0 Å². The van der Waals surface area contributed by atoms with Gasteiger partial charge in [-0.1, -0.05) is 84.9 Å². The van der Waals surface area contributed by atoms with Crippen molar-refractivity contribution in [3.8, 4) is 0 Å². The second-order valence-corrected chi connectivity index (χ2v) is 8.73. The summed E-state index contributed by atoms with van der Waals surface area (Å²) in [5.74, 6) is -0.625. The van der Waals surface area contributed by atoms with Crippen LogP contribution in [0.2, 0.25) is 0 Å². The number of nitrogens with one attached hydrogen (secondary N) is 1. The Hall–Kier alpha value is -4.51. The van der Waals surface area contributed by atoms with Crippen LogP contribution in [0.5, 0.6) is 0 Å². The summed E-state index contributed by atoms with van der Waals surface area (Å²) in [5.41, 5.74) is 4.29. The minimum absolute atomic E-state index is 0.0535. The fourth-order valence-corrected chi connectivity index (χ4v) is 3.97. The SMILES string of the molecule is O=C(Cc1ccc(N(Cc2cccc(F)c2)C(=O)C=Cc2ccccc2)cc1)NCCc1ccccc1. The molecule has 0 radical (unpaired) electrons. The third kappa shape index (κ3) is 8.00. The molecule has 0 spiro atoms. The molecule has 0 heterocycles. The number of amides is 2. The van der Waals surface area contributed by atoms with Crippen molar-refractivity contribution in [2.24, 2.45) is 0 Å². The van der Waals surface area contributed by atoms with Crippen LogP contribution in [0.1, 0.15) is 22.3 Å². The highest BCUT2D eigenvalue weighted by atomic mass is 19.1. The van der Waals surface area contributed by atoms with Gasteiger partial charge in [-0.05, 0) is 59.0 Å². The fraction of sp³-hybridized carbons (Fsp3) is 0.125. The van der Waals surface area contributed by atoms with Gasteiger partial charge in [0, 0.05) is 18.3 Å². The first-order valence-corrected chi connectivity index (χ1v) is 12.3. The second kappa shape index (κ2) is 13.0. The number of hydrogen-bond acceptors (Lipinski definition) is 2. The molecule has 4 aromatic carbocycles. The van der Waals surface area contributed by atoms with Crippen LogP contribution in [-0.2, 0) is 29.0 Å². The van der Waals surface area contributed by atoms with Gasteiger partial charge in [-0.3, -0.25) is 9.59 Å². The lowest BCUT2D eigenvalue weighted by Crippen LogP contribution is -2.29. The summed E-state index contributed by atoms with van der Waals surface area (Å²) in [6, 6.07) is 33.1. The summed E-state index contributed by atoms with van der Waals surface area (Å²) >= 11 is 0. The highest BCUT2D eigenvalue weighted by Gasteiger charge is 2.15. The molecule has 0 bridgehead atoms. The molecule has 4 aromatic rings. The van der Waals surface area contributed by atoms with E-state index in [9.17, 15) is 14.0 Å². The molecule has 186 valence electrons.